The maximum Gasteiger partial charge on any atom is 0.116 e. The molecule has 0 saturated carbocycles. The number of rotatable bonds is 2. The lowest BCUT2D eigenvalue weighted by Crippen LogP contribution is -1.90. The second kappa shape index (κ2) is 3.94. The third-order valence-electron chi connectivity index (χ3n) is 2.09. The summed E-state index contributed by atoms with van der Waals surface area (Å²) in [7, 11) is 0. The Morgan fingerprint density at radius 1 is 1.42 bits per heavy atom. The molecular weight excluding hydrogens is 216 g/mol. The minimum absolute atomic E-state index is 0.333. The van der Waals surface area contributed by atoms with E-state index in [4.69, 9.17) is 0 Å². The summed E-state index contributed by atoms with van der Waals surface area (Å²) >= 11 is 3.35. The Hall–Kier alpha value is -0.500. The molecule has 0 amide bonds. The lowest BCUT2D eigenvalue weighted by Gasteiger charge is -2.09. The Labute approximate surface area is 81.6 Å². The molecule has 0 heterocycles. The lowest BCUT2D eigenvalue weighted by molar-refractivity contribution is 0.473. The monoisotopic (exact) mass is 228 g/mol. The van der Waals surface area contributed by atoms with Crippen LogP contribution in [-0.4, -0.2) is 5.11 Å². The number of phenolic OH excluding ortho intramolecular Hbond substituents is 1. The van der Waals surface area contributed by atoms with E-state index in [1.54, 1.807) is 6.07 Å². The molecule has 0 fully saturated rings. The van der Waals surface area contributed by atoms with E-state index in [-0.39, 0.29) is 0 Å². The van der Waals surface area contributed by atoms with Gasteiger partial charge in [-0.3, -0.25) is 0 Å². The Balaban J connectivity index is 3.00. The van der Waals surface area contributed by atoms with Gasteiger partial charge in [0, 0.05) is 4.47 Å². The van der Waals surface area contributed by atoms with Crippen molar-refractivity contribution in [2.24, 2.45) is 0 Å². The Morgan fingerprint density at radius 3 is 2.58 bits per heavy atom. The van der Waals surface area contributed by atoms with Crippen molar-refractivity contribution in [3.05, 3.63) is 28.2 Å². The highest BCUT2D eigenvalue weighted by Crippen LogP contribution is 2.26. The second-order valence-electron chi connectivity index (χ2n) is 3.05. The third kappa shape index (κ3) is 2.24. The maximum atomic E-state index is 9.31. The smallest absolute Gasteiger partial charge is 0.116 e. The van der Waals surface area contributed by atoms with Crippen LogP contribution in [0.5, 0.6) is 5.75 Å². The van der Waals surface area contributed by atoms with Crippen molar-refractivity contribution < 1.29 is 5.11 Å². The summed E-state index contributed by atoms with van der Waals surface area (Å²) in [5.74, 6) is 0.841. The fraction of sp³-hybridized carbons (Fsp3) is 0.400. The molecule has 0 radical (unpaired) electrons. The quantitative estimate of drug-likeness (QED) is 0.820. The molecule has 1 rings (SSSR count). The van der Waals surface area contributed by atoms with Gasteiger partial charge in [0.1, 0.15) is 5.75 Å². The molecule has 1 N–H and O–H groups in total. The van der Waals surface area contributed by atoms with Crippen LogP contribution in [0.3, 0.4) is 0 Å². The van der Waals surface area contributed by atoms with Crippen molar-refractivity contribution in [1.82, 2.24) is 0 Å². The summed E-state index contributed by atoms with van der Waals surface area (Å²) in [6, 6.07) is 5.57. The SMILES string of the molecule is CCC(C)c1cc(O)cc(Br)c1. The zero-order valence-corrected chi connectivity index (χ0v) is 8.93. The van der Waals surface area contributed by atoms with E-state index in [1.165, 1.54) is 5.56 Å². The topological polar surface area (TPSA) is 20.2 Å². The first-order chi connectivity index (χ1) is 5.63. The van der Waals surface area contributed by atoms with Crippen molar-refractivity contribution in [3.8, 4) is 5.75 Å². The summed E-state index contributed by atoms with van der Waals surface area (Å²) in [6.07, 6.45) is 1.09. The van der Waals surface area contributed by atoms with Crippen LogP contribution >= 0.6 is 15.9 Å². The molecule has 0 bridgehead atoms. The molecule has 1 nitrogen and oxygen atoms in total. The van der Waals surface area contributed by atoms with Gasteiger partial charge in [-0.1, -0.05) is 29.8 Å². The first-order valence-electron chi connectivity index (χ1n) is 4.13. The molecule has 0 aliphatic rings. The van der Waals surface area contributed by atoms with Crippen LogP contribution in [0, 0.1) is 0 Å². The molecule has 12 heavy (non-hydrogen) atoms. The zero-order chi connectivity index (χ0) is 9.14. The van der Waals surface area contributed by atoms with Crippen LogP contribution < -0.4 is 0 Å². The van der Waals surface area contributed by atoms with Crippen molar-refractivity contribution >= 4 is 15.9 Å². The van der Waals surface area contributed by atoms with Crippen LogP contribution in [0.2, 0.25) is 0 Å². The number of halogens is 1. The number of hydrogen-bond acceptors (Lipinski definition) is 1. The van der Waals surface area contributed by atoms with E-state index in [0.29, 0.717) is 11.7 Å². The summed E-state index contributed by atoms with van der Waals surface area (Å²) < 4.78 is 0.942. The van der Waals surface area contributed by atoms with E-state index in [0.717, 1.165) is 10.9 Å². The van der Waals surface area contributed by atoms with Crippen molar-refractivity contribution in [3.63, 3.8) is 0 Å². The minimum atomic E-state index is 0.333. The zero-order valence-electron chi connectivity index (χ0n) is 7.34. The third-order valence-corrected chi connectivity index (χ3v) is 2.54. The van der Waals surface area contributed by atoms with Crippen LogP contribution in [0.25, 0.3) is 0 Å². The average Bonchev–Trinajstić information content (AvgIpc) is 2.01. The highest BCUT2D eigenvalue weighted by molar-refractivity contribution is 9.10. The predicted octanol–water partition coefficient (Wildman–Crippen LogP) is 3.67. The first kappa shape index (κ1) is 9.59. The van der Waals surface area contributed by atoms with Gasteiger partial charge in [-0.05, 0) is 36.1 Å². The van der Waals surface area contributed by atoms with E-state index >= 15 is 0 Å². The van der Waals surface area contributed by atoms with E-state index < -0.39 is 0 Å². The molecule has 0 aliphatic carbocycles. The largest absolute Gasteiger partial charge is 0.508 e. The van der Waals surface area contributed by atoms with Gasteiger partial charge in [0.25, 0.3) is 0 Å². The van der Waals surface area contributed by atoms with Gasteiger partial charge < -0.3 is 5.11 Å². The molecule has 66 valence electrons. The van der Waals surface area contributed by atoms with Gasteiger partial charge in [-0.15, -0.1) is 0 Å². The summed E-state index contributed by atoms with van der Waals surface area (Å²) in [6.45, 7) is 4.30. The number of benzene rings is 1. The van der Waals surface area contributed by atoms with Gasteiger partial charge in [0.15, 0.2) is 0 Å². The van der Waals surface area contributed by atoms with Crippen LogP contribution in [0.4, 0.5) is 0 Å². The Bertz CT molecular complexity index is 250. The van der Waals surface area contributed by atoms with E-state index in [9.17, 15) is 5.11 Å². The molecule has 0 saturated heterocycles. The van der Waals surface area contributed by atoms with Crippen molar-refractivity contribution in [1.29, 1.82) is 0 Å². The molecule has 1 aromatic carbocycles. The number of phenols is 1. The molecule has 1 unspecified atom stereocenters. The van der Waals surface area contributed by atoms with E-state index in [1.807, 2.05) is 12.1 Å². The molecule has 1 aromatic rings. The lowest BCUT2D eigenvalue weighted by atomic mass is 9.99. The molecule has 0 aromatic heterocycles. The van der Waals surface area contributed by atoms with Crippen LogP contribution in [-0.2, 0) is 0 Å². The van der Waals surface area contributed by atoms with Crippen LogP contribution in [0.15, 0.2) is 22.7 Å². The minimum Gasteiger partial charge on any atom is -0.508 e. The van der Waals surface area contributed by atoms with Gasteiger partial charge in [0.05, 0.1) is 0 Å². The molecule has 1 atom stereocenters. The highest BCUT2D eigenvalue weighted by atomic mass is 79.9. The van der Waals surface area contributed by atoms with Crippen LogP contribution in [0.1, 0.15) is 31.7 Å². The van der Waals surface area contributed by atoms with Crippen molar-refractivity contribution in [2.45, 2.75) is 26.2 Å². The number of aromatic hydroxyl groups is 1. The number of hydrogen-bond donors (Lipinski definition) is 1. The van der Waals surface area contributed by atoms with Gasteiger partial charge >= 0.3 is 0 Å². The molecule has 0 spiro atoms. The van der Waals surface area contributed by atoms with E-state index in [2.05, 4.69) is 29.8 Å². The summed E-state index contributed by atoms with van der Waals surface area (Å²) in [4.78, 5) is 0. The van der Waals surface area contributed by atoms with Gasteiger partial charge in [0.2, 0.25) is 0 Å². The standard InChI is InChI=1S/C10H13BrO/c1-3-7(2)8-4-9(11)6-10(12)5-8/h4-7,12H,3H2,1-2H3. The summed E-state index contributed by atoms with van der Waals surface area (Å²) in [5.41, 5.74) is 1.18. The fourth-order valence-corrected chi connectivity index (χ4v) is 1.62. The van der Waals surface area contributed by atoms with Gasteiger partial charge in [-0.2, -0.15) is 0 Å². The first-order valence-corrected chi connectivity index (χ1v) is 4.92. The fourth-order valence-electron chi connectivity index (χ4n) is 1.12. The highest BCUT2D eigenvalue weighted by Gasteiger charge is 2.04. The molecule has 0 aliphatic heterocycles. The normalized spacial score (nSPS) is 12.9. The van der Waals surface area contributed by atoms with Crippen molar-refractivity contribution in [2.75, 3.05) is 0 Å². The predicted molar refractivity (Wildman–Crippen MR) is 54.5 cm³/mol. The average molecular weight is 229 g/mol. The molecule has 2 heteroatoms. The second-order valence-corrected chi connectivity index (χ2v) is 3.97. The molecular formula is C10H13BrO. The Kier molecular flexibility index (Phi) is 3.15. The Morgan fingerprint density at radius 2 is 2.08 bits per heavy atom. The summed E-state index contributed by atoms with van der Waals surface area (Å²) in [5, 5.41) is 9.31. The maximum absolute atomic E-state index is 9.31. The van der Waals surface area contributed by atoms with Gasteiger partial charge in [-0.25, -0.2) is 0 Å².